The molecule has 2 unspecified atom stereocenters. The Morgan fingerprint density at radius 1 is 0.150 bits per heavy atom. The summed E-state index contributed by atoms with van der Waals surface area (Å²) in [7, 11) is 0. The van der Waals surface area contributed by atoms with Gasteiger partial charge in [-0.3, -0.25) is 0 Å². The van der Waals surface area contributed by atoms with Crippen LogP contribution < -0.4 is 0 Å². The van der Waals surface area contributed by atoms with Crippen molar-refractivity contribution < 1.29 is 0 Å². The summed E-state index contributed by atoms with van der Waals surface area (Å²) in [6, 6.07) is 0. The molecule has 0 heteroatoms. The lowest BCUT2D eigenvalue weighted by atomic mass is 9.79. The van der Waals surface area contributed by atoms with Gasteiger partial charge in [0, 0.05) is 0 Å². The molecule has 0 saturated carbocycles. The summed E-state index contributed by atoms with van der Waals surface area (Å²) in [5.41, 5.74) is 0. The lowest BCUT2D eigenvalue weighted by Gasteiger charge is -2.27. The van der Waals surface area contributed by atoms with E-state index >= 15 is 0 Å². The highest BCUT2D eigenvalue weighted by Gasteiger charge is 2.19. The molecule has 0 fully saturated rings. The smallest absolute Gasteiger partial charge is 0.0386 e. The van der Waals surface area contributed by atoms with Gasteiger partial charge in [0.15, 0.2) is 0 Å². The second kappa shape index (κ2) is 55.1. The zero-order valence-electron chi connectivity index (χ0n) is 43.3. The minimum Gasteiger partial charge on any atom is -0.0654 e. The number of hydrogen-bond acceptors (Lipinski definition) is 0. The zero-order valence-corrected chi connectivity index (χ0v) is 43.3. The van der Waals surface area contributed by atoms with E-state index in [9.17, 15) is 0 Å². The van der Waals surface area contributed by atoms with Gasteiger partial charge < -0.3 is 0 Å². The second-order valence-corrected chi connectivity index (χ2v) is 20.9. The molecular weight excluding hydrogens is 721 g/mol. The van der Waals surface area contributed by atoms with Crippen LogP contribution in [0.4, 0.5) is 0 Å². The molecule has 0 amide bonds. The SMILES string of the molecule is CCCCCCCCCCCCCCCCCCCCCCCCCCCC(CCCCCCCCCCCCCCCCCCCC)C(CC)CCCCCCCCC. The lowest BCUT2D eigenvalue weighted by molar-refractivity contribution is 0.249. The third-order valence-corrected chi connectivity index (χ3v) is 15.0. The molecule has 0 bridgehead atoms. The summed E-state index contributed by atoms with van der Waals surface area (Å²) in [4.78, 5) is 0. The van der Waals surface area contributed by atoms with E-state index in [1.54, 1.807) is 0 Å². The van der Waals surface area contributed by atoms with Crippen LogP contribution in [0.15, 0.2) is 0 Å². The fourth-order valence-electron chi connectivity index (χ4n) is 10.6. The predicted molar refractivity (Wildman–Crippen MR) is 279 cm³/mol. The van der Waals surface area contributed by atoms with Crippen molar-refractivity contribution >= 4 is 0 Å². The average molecular weight is 844 g/mol. The fraction of sp³-hybridized carbons (Fsp3) is 1.00. The molecule has 0 aliphatic heterocycles. The molecule has 0 radical (unpaired) electrons. The van der Waals surface area contributed by atoms with Crippen LogP contribution in [0.25, 0.3) is 0 Å². The van der Waals surface area contributed by atoms with Gasteiger partial charge in [-0.25, -0.2) is 0 Å². The van der Waals surface area contributed by atoms with Crippen molar-refractivity contribution in [2.45, 2.75) is 374 Å². The van der Waals surface area contributed by atoms with E-state index in [2.05, 4.69) is 27.7 Å². The standard InChI is InChI=1S/C60H122/c1-5-9-12-15-18-20-22-24-26-28-30-31-32-33-34-35-36-38-40-42-44-46-49-52-55-58-60(59(8-4)56-53-50-47-17-14-11-7-3)57-54-51-48-45-43-41-39-37-29-27-25-23-21-19-16-13-10-6-2/h59-60H,5-58H2,1-4H3. The van der Waals surface area contributed by atoms with Gasteiger partial charge in [0.2, 0.25) is 0 Å². The van der Waals surface area contributed by atoms with Crippen molar-refractivity contribution in [3.05, 3.63) is 0 Å². The first-order valence-corrected chi connectivity index (χ1v) is 29.8. The van der Waals surface area contributed by atoms with Crippen LogP contribution in [-0.4, -0.2) is 0 Å². The van der Waals surface area contributed by atoms with Crippen LogP contribution in [0.1, 0.15) is 374 Å². The maximum Gasteiger partial charge on any atom is -0.0386 e. The molecule has 0 aromatic heterocycles. The molecule has 0 nitrogen and oxygen atoms in total. The molecule has 0 N–H and O–H groups in total. The Hall–Kier alpha value is 0. The van der Waals surface area contributed by atoms with Gasteiger partial charge in [0.05, 0.1) is 0 Å². The fourth-order valence-corrected chi connectivity index (χ4v) is 10.6. The number of unbranched alkanes of at least 4 members (excludes halogenated alkanes) is 47. The highest BCUT2D eigenvalue weighted by Crippen LogP contribution is 2.32. The van der Waals surface area contributed by atoms with E-state index in [4.69, 9.17) is 0 Å². The van der Waals surface area contributed by atoms with E-state index in [1.807, 2.05) is 0 Å². The summed E-state index contributed by atoms with van der Waals surface area (Å²) >= 11 is 0. The minimum absolute atomic E-state index is 1.00. The van der Waals surface area contributed by atoms with Crippen molar-refractivity contribution in [2.75, 3.05) is 0 Å². The van der Waals surface area contributed by atoms with Gasteiger partial charge >= 0.3 is 0 Å². The molecule has 0 saturated heterocycles. The highest BCUT2D eigenvalue weighted by molar-refractivity contribution is 4.71. The Balaban J connectivity index is 3.91. The molecule has 0 spiro atoms. The van der Waals surface area contributed by atoms with Crippen LogP contribution in [0.5, 0.6) is 0 Å². The van der Waals surface area contributed by atoms with Gasteiger partial charge in [-0.05, 0) is 11.8 Å². The van der Waals surface area contributed by atoms with Crippen LogP contribution in [0.2, 0.25) is 0 Å². The van der Waals surface area contributed by atoms with Gasteiger partial charge in [0.1, 0.15) is 0 Å². The highest BCUT2D eigenvalue weighted by atomic mass is 14.2. The zero-order chi connectivity index (χ0) is 43.3. The van der Waals surface area contributed by atoms with Gasteiger partial charge in [-0.2, -0.15) is 0 Å². The molecule has 2 atom stereocenters. The molecule has 0 aliphatic rings. The first-order chi connectivity index (χ1) is 29.8. The summed E-state index contributed by atoms with van der Waals surface area (Å²) < 4.78 is 0. The summed E-state index contributed by atoms with van der Waals surface area (Å²) in [6.45, 7) is 9.50. The Morgan fingerprint density at radius 2 is 0.283 bits per heavy atom. The maximum atomic E-state index is 2.52. The van der Waals surface area contributed by atoms with E-state index in [1.165, 1.54) is 347 Å². The van der Waals surface area contributed by atoms with Crippen molar-refractivity contribution in [3.63, 3.8) is 0 Å². The van der Waals surface area contributed by atoms with Gasteiger partial charge in [-0.15, -0.1) is 0 Å². The summed E-state index contributed by atoms with van der Waals surface area (Å²) in [6.07, 6.45) is 80.1. The van der Waals surface area contributed by atoms with Crippen molar-refractivity contribution in [1.29, 1.82) is 0 Å². The molecule has 0 rings (SSSR count). The first kappa shape index (κ1) is 60.0. The molecule has 60 heavy (non-hydrogen) atoms. The molecule has 362 valence electrons. The van der Waals surface area contributed by atoms with Crippen LogP contribution in [0.3, 0.4) is 0 Å². The molecule has 0 aliphatic carbocycles. The second-order valence-electron chi connectivity index (χ2n) is 20.9. The predicted octanol–water partition coefficient (Wildman–Crippen LogP) is 23.4. The third-order valence-electron chi connectivity index (χ3n) is 15.0. The molecule has 0 aromatic rings. The summed E-state index contributed by atoms with van der Waals surface area (Å²) in [5, 5.41) is 0. The molecular formula is C60H122. The Morgan fingerprint density at radius 3 is 0.433 bits per heavy atom. The van der Waals surface area contributed by atoms with E-state index < -0.39 is 0 Å². The largest absolute Gasteiger partial charge is 0.0654 e. The first-order valence-electron chi connectivity index (χ1n) is 29.8. The van der Waals surface area contributed by atoms with Crippen molar-refractivity contribution in [2.24, 2.45) is 11.8 Å². The monoisotopic (exact) mass is 843 g/mol. The van der Waals surface area contributed by atoms with E-state index in [0.717, 1.165) is 11.8 Å². The normalized spacial score (nSPS) is 12.8. The van der Waals surface area contributed by atoms with Crippen molar-refractivity contribution in [1.82, 2.24) is 0 Å². The van der Waals surface area contributed by atoms with Gasteiger partial charge in [-0.1, -0.05) is 374 Å². The van der Waals surface area contributed by atoms with Crippen LogP contribution >= 0.6 is 0 Å². The summed E-state index contributed by atoms with van der Waals surface area (Å²) in [5.74, 6) is 2.02. The maximum absolute atomic E-state index is 2.52. The molecule has 0 aromatic carbocycles. The third kappa shape index (κ3) is 49.0. The Kier molecular flexibility index (Phi) is 55.1. The van der Waals surface area contributed by atoms with Crippen LogP contribution in [-0.2, 0) is 0 Å². The Labute approximate surface area is 384 Å². The van der Waals surface area contributed by atoms with E-state index in [0.29, 0.717) is 0 Å². The lowest BCUT2D eigenvalue weighted by Crippen LogP contribution is -2.15. The topological polar surface area (TPSA) is 0 Å². The Bertz CT molecular complexity index is 709. The van der Waals surface area contributed by atoms with E-state index in [-0.39, 0.29) is 0 Å². The van der Waals surface area contributed by atoms with Crippen molar-refractivity contribution in [3.8, 4) is 0 Å². The minimum atomic E-state index is 1.00. The quantitative estimate of drug-likeness (QED) is 0.0535. The van der Waals surface area contributed by atoms with Crippen LogP contribution in [0, 0.1) is 11.8 Å². The molecule has 0 heterocycles. The average Bonchev–Trinajstić information content (AvgIpc) is 3.26. The number of hydrogen-bond donors (Lipinski definition) is 0. The van der Waals surface area contributed by atoms with Gasteiger partial charge in [0.25, 0.3) is 0 Å². The number of rotatable bonds is 55.